The molecule has 0 unspecified atom stereocenters. The molecule has 0 aromatic rings. The van der Waals surface area contributed by atoms with Crippen LogP contribution in [0.1, 0.15) is 40.5 Å². The number of carbonyl (C=O) groups excluding carboxylic acids is 1. The molecule has 0 saturated heterocycles. The molecular weight excluding hydrogens is 228 g/mol. The van der Waals surface area contributed by atoms with Crippen molar-refractivity contribution in [3.63, 3.8) is 0 Å². The van der Waals surface area contributed by atoms with Crippen LogP contribution in [-0.2, 0) is 4.79 Å². The molecule has 0 atom stereocenters. The maximum absolute atomic E-state index is 12.0. The van der Waals surface area contributed by atoms with Gasteiger partial charge in [0.2, 0.25) is 5.91 Å². The summed E-state index contributed by atoms with van der Waals surface area (Å²) in [5.41, 5.74) is 0. The summed E-state index contributed by atoms with van der Waals surface area (Å²) < 4.78 is 0. The molecule has 0 heterocycles. The lowest BCUT2D eigenvalue weighted by molar-refractivity contribution is -0.132. The summed E-state index contributed by atoms with van der Waals surface area (Å²) in [7, 11) is 0. The smallest absolute Gasteiger partial charge is 0.222 e. The molecule has 0 aliphatic carbocycles. The zero-order chi connectivity index (χ0) is 14.0. The quantitative estimate of drug-likeness (QED) is 0.647. The van der Waals surface area contributed by atoms with E-state index >= 15 is 0 Å². The predicted octanol–water partition coefficient (Wildman–Crippen LogP) is 1.59. The Morgan fingerprint density at radius 2 is 1.78 bits per heavy atom. The molecule has 0 aliphatic rings. The van der Waals surface area contributed by atoms with Crippen LogP contribution in [0.2, 0.25) is 0 Å². The second kappa shape index (κ2) is 10.3. The topological polar surface area (TPSA) is 43.8 Å². The van der Waals surface area contributed by atoms with Crippen molar-refractivity contribution < 1.29 is 9.90 Å². The van der Waals surface area contributed by atoms with Crippen molar-refractivity contribution in [3.8, 4) is 0 Å². The van der Waals surface area contributed by atoms with Crippen LogP contribution in [0.5, 0.6) is 0 Å². The number of rotatable bonds is 10. The summed E-state index contributed by atoms with van der Waals surface area (Å²) in [6, 6.07) is 0. The fourth-order valence-electron chi connectivity index (χ4n) is 1.95. The normalized spacial score (nSPS) is 11.3. The summed E-state index contributed by atoms with van der Waals surface area (Å²) in [5, 5.41) is 8.79. The molecule has 0 aromatic heterocycles. The zero-order valence-corrected chi connectivity index (χ0v) is 12.5. The molecule has 0 fully saturated rings. The minimum Gasteiger partial charge on any atom is -0.396 e. The molecule has 0 aliphatic heterocycles. The highest BCUT2D eigenvalue weighted by molar-refractivity contribution is 5.76. The standard InChI is InChI=1S/C14H30N2O2/c1-5-15(6-2)9-10-16(12-13(3)4)14(18)8-7-11-17/h13,17H,5-12H2,1-4H3. The largest absolute Gasteiger partial charge is 0.396 e. The van der Waals surface area contributed by atoms with E-state index < -0.39 is 0 Å². The molecule has 1 amide bonds. The van der Waals surface area contributed by atoms with Crippen LogP contribution >= 0.6 is 0 Å². The molecule has 0 saturated carbocycles. The minimum absolute atomic E-state index is 0.0945. The van der Waals surface area contributed by atoms with Gasteiger partial charge in [-0.15, -0.1) is 0 Å². The Labute approximate surface area is 112 Å². The van der Waals surface area contributed by atoms with E-state index in [1.54, 1.807) is 0 Å². The Morgan fingerprint density at radius 3 is 2.22 bits per heavy atom. The van der Waals surface area contributed by atoms with Gasteiger partial charge in [-0.25, -0.2) is 0 Å². The number of aliphatic hydroxyl groups excluding tert-OH is 1. The van der Waals surface area contributed by atoms with Gasteiger partial charge in [-0.2, -0.15) is 0 Å². The molecule has 0 radical (unpaired) electrons. The second-order valence-electron chi connectivity index (χ2n) is 5.09. The van der Waals surface area contributed by atoms with Gasteiger partial charge in [0, 0.05) is 32.7 Å². The maximum atomic E-state index is 12.0. The van der Waals surface area contributed by atoms with E-state index in [0.29, 0.717) is 18.8 Å². The molecule has 0 spiro atoms. The lowest BCUT2D eigenvalue weighted by Crippen LogP contribution is -2.40. The van der Waals surface area contributed by atoms with E-state index in [9.17, 15) is 4.79 Å². The van der Waals surface area contributed by atoms with Crippen LogP contribution in [0, 0.1) is 5.92 Å². The van der Waals surface area contributed by atoms with Gasteiger partial charge in [0.1, 0.15) is 0 Å². The highest BCUT2D eigenvalue weighted by Crippen LogP contribution is 2.04. The number of hydrogen-bond donors (Lipinski definition) is 1. The highest BCUT2D eigenvalue weighted by Gasteiger charge is 2.15. The third kappa shape index (κ3) is 7.67. The zero-order valence-electron chi connectivity index (χ0n) is 12.5. The molecule has 0 rings (SSSR count). The van der Waals surface area contributed by atoms with Crippen molar-refractivity contribution >= 4 is 5.91 Å². The first-order chi connectivity index (χ1) is 8.54. The van der Waals surface area contributed by atoms with Crippen LogP contribution < -0.4 is 0 Å². The molecule has 0 aromatic carbocycles. The third-order valence-electron chi connectivity index (χ3n) is 3.07. The molecule has 4 heteroatoms. The van der Waals surface area contributed by atoms with E-state index in [1.807, 2.05) is 4.90 Å². The van der Waals surface area contributed by atoms with E-state index in [1.165, 1.54) is 0 Å². The van der Waals surface area contributed by atoms with Crippen LogP contribution in [0.25, 0.3) is 0 Å². The van der Waals surface area contributed by atoms with Gasteiger partial charge < -0.3 is 14.9 Å². The molecule has 108 valence electrons. The van der Waals surface area contributed by atoms with Gasteiger partial charge in [-0.1, -0.05) is 27.7 Å². The molecule has 18 heavy (non-hydrogen) atoms. The van der Waals surface area contributed by atoms with Gasteiger partial charge in [0.15, 0.2) is 0 Å². The number of hydrogen-bond acceptors (Lipinski definition) is 3. The van der Waals surface area contributed by atoms with Crippen LogP contribution in [-0.4, -0.2) is 60.1 Å². The Kier molecular flexibility index (Phi) is 9.98. The maximum Gasteiger partial charge on any atom is 0.222 e. The van der Waals surface area contributed by atoms with Gasteiger partial charge >= 0.3 is 0 Å². The third-order valence-corrected chi connectivity index (χ3v) is 3.07. The number of nitrogens with zero attached hydrogens (tertiary/aromatic N) is 2. The predicted molar refractivity (Wildman–Crippen MR) is 75.5 cm³/mol. The summed E-state index contributed by atoms with van der Waals surface area (Å²) in [6.07, 6.45) is 1.03. The average Bonchev–Trinajstić information content (AvgIpc) is 2.35. The van der Waals surface area contributed by atoms with E-state index in [4.69, 9.17) is 5.11 Å². The van der Waals surface area contributed by atoms with Gasteiger partial charge in [0.25, 0.3) is 0 Å². The van der Waals surface area contributed by atoms with Gasteiger partial charge in [0.05, 0.1) is 0 Å². The van der Waals surface area contributed by atoms with E-state index in [0.717, 1.165) is 32.7 Å². The number of amides is 1. The van der Waals surface area contributed by atoms with Crippen LogP contribution in [0.15, 0.2) is 0 Å². The first-order valence-electron chi connectivity index (χ1n) is 7.16. The van der Waals surface area contributed by atoms with Crippen molar-refractivity contribution in [3.05, 3.63) is 0 Å². The van der Waals surface area contributed by atoms with Crippen molar-refractivity contribution in [2.75, 3.05) is 39.3 Å². The molecule has 0 bridgehead atoms. The summed E-state index contributed by atoms with van der Waals surface area (Å²) in [6.45, 7) is 13.2. The molecule has 1 N–H and O–H groups in total. The Bertz CT molecular complexity index is 216. The second-order valence-corrected chi connectivity index (χ2v) is 5.09. The van der Waals surface area contributed by atoms with Crippen molar-refractivity contribution in [1.82, 2.24) is 9.80 Å². The Balaban J connectivity index is 4.25. The average molecular weight is 258 g/mol. The lowest BCUT2D eigenvalue weighted by Gasteiger charge is -2.28. The minimum atomic E-state index is 0.0945. The van der Waals surface area contributed by atoms with Crippen molar-refractivity contribution in [2.24, 2.45) is 5.92 Å². The fraction of sp³-hybridized carbons (Fsp3) is 0.929. The first kappa shape index (κ1) is 17.4. The monoisotopic (exact) mass is 258 g/mol. The first-order valence-corrected chi connectivity index (χ1v) is 7.16. The molecule has 4 nitrogen and oxygen atoms in total. The summed E-state index contributed by atoms with van der Waals surface area (Å²) in [4.78, 5) is 16.3. The number of likely N-dealkylation sites (N-methyl/N-ethyl adjacent to an activating group) is 1. The van der Waals surface area contributed by atoms with Crippen molar-refractivity contribution in [2.45, 2.75) is 40.5 Å². The number of aliphatic hydroxyl groups is 1. The summed E-state index contributed by atoms with van der Waals surface area (Å²) >= 11 is 0. The fourth-order valence-corrected chi connectivity index (χ4v) is 1.95. The van der Waals surface area contributed by atoms with Crippen LogP contribution in [0.4, 0.5) is 0 Å². The summed E-state index contributed by atoms with van der Waals surface area (Å²) in [5.74, 6) is 0.657. The van der Waals surface area contributed by atoms with E-state index in [2.05, 4.69) is 32.6 Å². The SMILES string of the molecule is CCN(CC)CCN(CC(C)C)C(=O)CCCO. The van der Waals surface area contributed by atoms with E-state index in [-0.39, 0.29) is 12.5 Å². The Morgan fingerprint density at radius 1 is 1.17 bits per heavy atom. The molecular formula is C14H30N2O2. The van der Waals surface area contributed by atoms with Gasteiger partial charge in [-0.3, -0.25) is 4.79 Å². The Hall–Kier alpha value is -0.610. The number of carbonyl (C=O) groups is 1. The van der Waals surface area contributed by atoms with Crippen molar-refractivity contribution in [1.29, 1.82) is 0 Å². The van der Waals surface area contributed by atoms with Crippen LogP contribution in [0.3, 0.4) is 0 Å². The lowest BCUT2D eigenvalue weighted by atomic mass is 10.2. The van der Waals surface area contributed by atoms with Gasteiger partial charge in [-0.05, 0) is 25.4 Å². The highest BCUT2D eigenvalue weighted by atomic mass is 16.3.